The number of carboxylic acids is 1. The van der Waals surface area contributed by atoms with E-state index in [0.717, 1.165) is 0 Å². The predicted molar refractivity (Wildman–Crippen MR) is 79.8 cm³/mol. The van der Waals surface area contributed by atoms with Crippen molar-refractivity contribution in [3.8, 4) is 0 Å². The first-order chi connectivity index (χ1) is 10.3. The second-order valence-corrected chi connectivity index (χ2v) is 5.85. The van der Waals surface area contributed by atoms with Crippen molar-refractivity contribution >= 4 is 18.2 Å². The number of nitrogens with one attached hydrogen (secondary N) is 1. The molecule has 1 amide bonds. The lowest BCUT2D eigenvalue weighted by Crippen LogP contribution is -2.50. The summed E-state index contributed by atoms with van der Waals surface area (Å²) in [5.74, 6) is -1.08. The molecule has 6 nitrogen and oxygen atoms in total. The first-order valence-corrected chi connectivity index (χ1v) is 7.16. The largest absolute Gasteiger partial charge is 0.478 e. The molecule has 2 heterocycles. The van der Waals surface area contributed by atoms with E-state index in [0.29, 0.717) is 37.3 Å². The molecule has 22 heavy (non-hydrogen) atoms. The summed E-state index contributed by atoms with van der Waals surface area (Å²) in [6.07, 6.45) is 2.22. The summed E-state index contributed by atoms with van der Waals surface area (Å²) in [5.41, 5.74) is -0.749. The SMILES string of the molecule is Cc1cc(N(C=O)CC2CNCCC2(C)F)ncc1C(=O)O. The third-order valence-electron chi connectivity index (χ3n) is 4.20. The van der Waals surface area contributed by atoms with E-state index in [1.54, 1.807) is 13.8 Å². The third kappa shape index (κ3) is 3.41. The van der Waals surface area contributed by atoms with Crippen LogP contribution in [0.2, 0.25) is 0 Å². The Hall–Kier alpha value is -2.02. The van der Waals surface area contributed by atoms with Gasteiger partial charge in [0, 0.05) is 25.2 Å². The molecule has 2 rings (SSSR count). The van der Waals surface area contributed by atoms with Crippen LogP contribution in [0.15, 0.2) is 12.3 Å². The van der Waals surface area contributed by atoms with Gasteiger partial charge in [-0.05, 0) is 38.4 Å². The Balaban J connectivity index is 2.19. The number of rotatable bonds is 5. The molecule has 120 valence electrons. The number of carbonyl (C=O) groups excluding carboxylic acids is 1. The van der Waals surface area contributed by atoms with E-state index < -0.39 is 11.6 Å². The highest BCUT2D eigenvalue weighted by atomic mass is 19.1. The summed E-state index contributed by atoms with van der Waals surface area (Å²) in [4.78, 5) is 27.7. The summed E-state index contributed by atoms with van der Waals surface area (Å²) in [7, 11) is 0. The molecule has 1 fully saturated rings. The fraction of sp³-hybridized carbons (Fsp3) is 0.533. The molecule has 0 saturated carbocycles. The number of anilines is 1. The van der Waals surface area contributed by atoms with Gasteiger partial charge in [-0.3, -0.25) is 9.69 Å². The molecule has 1 aromatic rings. The summed E-state index contributed by atoms with van der Waals surface area (Å²) >= 11 is 0. The van der Waals surface area contributed by atoms with Crippen LogP contribution < -0.4 is 10.2 Å². The maximum absolute atomic E-state index is 14.5. The maximum atomic E-state index is 14.5. The average molecular weight is 309 g/mol. The summed E-state index contributed by atoms with van der Waals surface area (Å²) < 4.78 is 14.5. The fourth-order valence-electron chi connectivity index (χ4n) is 2.63. The minimum Gasteiger partial charge on any atom is -0.478 e. The van der Waals surface area contributed by atoms with Gasteiger partial charge in [0.05, 0.1) is 5.56 Å². The second-order valence-electron chi connectivity index (χ2n) is 5.85. The molecule has 0 aromatic carbocycles. The van der Waals surface area contributed by atoms with Crippen LogP contribution in [0.4, 0.5) is 10.2 Å². The van der Waals surface area contributed by atoms with Gasteiger partial charge in [-0.1, -0.05) is 0 Å². The van der Waals surface area contributed by atoms with E-state index in [4.69, 9.17) is 5.11 Å². The number of aromatic carboxylic acids is 1. The third-order valence-corrected chi connectivity index (χ3v) is 4.20. The van der Waals surface area contributed by atoms with E-state index in [-0.39, 0.29) is 18.0 Å². The van der Waals surface area contributed by atoms with E-state index >= 15 is 0 Å². The van der Waals surface area contributed by atoms with Crippen LogP contribution in [0.25, 0.3) is 0 Å². The van der Waals surface area contributed by atoms with Gasteiger partial charge in [0.15, 0.2) is 0 Å². The van der Waals surface area contributed by atoms with Crippen molar-refractivity contribution in [1.29, 1.82) is 0 Å². The molecule has 0 aliphatic carbocycles. The smallest absolute Gasteiger partial charge is 0.337 e. The van der Waals surface area contributed by atoms with Crippen LogP contribution in [0.5, 0.6) is 0 Å². The number of nitrogens with zero attached hydrogens (tertiary/aromatic N) is 2. The molecule has 2 atom stereocenters. The van der Waals surface area contributed by atoms with Gasteiger partial charge >= 0.3 is 5.97 Å². The Morgan fingerprint density at radius 2 is 2.41 bits per heavy atom. The number of hydrogen-bond acceptors (Lipinski definition) is 4. The van der Waals surface area contributed by atoms with Gasteiger partial charge in [0.2, 0.25) is 6.41 Å². The van der Waals surface area contributed by atoms with Crippen molar-refractivity contribution in [2.24, 2.45) is 5.92 Å². The normalized spacial score (nSPS) is 24.8. The molecule has 2 N–H and O–H groups in total. The van der Waals surface area contributed by atoms with Crippen LogP contribution in [-0.2, 0) is 4.79 Å². The molecule has 1 aliphatic rings. The Kier molecular flexibility index (Phi) is 4.75. The average Bonchev–Trinajstić information content (AvgIpc) is 2.45. The van der Waals surface area contributed by atoms with E-state index in [9.17, 15) is 14.0 Å². The minimum atomic E-state index is -1.34. The molecular weight excluding hydrogens is 289 g/mol. The number of pyridine rings is 1. The van der Waals surface area contributed by atoms with Crippen LogP contribution in [0.1, 0.15) is 29.3 Å². The summed E-state index contributed by atoms with van der Waals surface area (Å²) in [5, 5.41) is 12.1. The summed E-state index contributed by atoms with van der Waals surface area (Å²) in [6, 6.07) is 1.53. The van der Waals surface area contributed by atoms with E-state index in [1.165, 1.54) is 17.2 Å². The molecule has 2 unspecified atom stereocenters. The van der Waals surface area contributed by atoms with Crippen molar-refractivity contribution in [3.05, 3.63) is 23.4 Å². The quantitative estimate of drug-likeness (QED) is 0.803. The topological polar surface area (TPSA) is 82.5 Å². The van der Waals surface area contributed by atoms with Gasteiger partial charge in [-0.2, -0.15) is 0 Å². The number of carboxylic acid groups (broad SMARTS) is 1. The van der Waals surface area contributed by atoms with Crippen LogP contribution in [0, 0.1) is 12.8 Å². The number of carbonyl (C=O) groups is 2. The lowest BCUT2D eigenvalue weighted by atomic mass is 9.84. The maximum Gasteiger partial charge on any atom is 0.337 e. The van der Waals surface area contributed by atoms with Gasteiger partial charge in [0.25, 0.3) is 0 Å². The standard InChI is InChI=1S/C15H20FN3O3/c1-10-5-13(18-7-12(10)14(21)22)19(9-20)8-11-6-17-4-3-15(11,2)16/h5,7,9,11,17H,3-4,6,8H2,1-2H3,(H,21,22). The number of alkyl halides is 1. The number of aryl methyl sites for hydroxylation is 1. The highest BCUT2D eigenvalue weighted by Crippen LogP contribution is 2.29. The Bertz CT molecular complexity index is 577. The van der Waals surface area contributed by atoms with Crippen molar-refractivity contribution in [2.75, 3.05) is 24.5 Å². The zero-order valence-electron chi connectivity index (χ0n) is 12.7. The van der Waals surface area contributed by atoms with Crippen molar-refractivity contribution in [2.45, 2.75) is 25.9 Å². The van der Waals surface area contributed by atoms with Crippen molar-refractivity contribution in [3.63, 3.8) is 0 Å². The number of hydrogen-bond donors (Lipinski definition) is 2. The molecule has 1 aliphatic heterocycles. The van der Waals surface area contributed by atoms with Gasteiger partial charge < -0.3 is 10.4 Å². The van der Waals surface area contributed by atoms with Gasteiger partial charge in [-0.25, -0.2) is 14.2 Å². The second kappa shape index (κ2) is 6.39. The molecule has 0 bridgehead atoms. The monoisotopic (exact) mass is 309 g/mol. The van der Waals surface area contributed by atoms with Crippen molar-refractivity contribution < 1.29 is 19.1 Å². The number of aromatic nitrogens is 1. The first kappa shape index (κ1) is 16.4. The van der Waals surface area contributed by atoms with Crippen molar-refractivity contribution in [1.82, 2.24) is 10.3 Å². The van der Waals surface area contributed by atoms with Crippen LogP contribution in [0.3, 0.4) is 0 Å². The molecule has 1 saturated heterocycles. The molecule has 0 radical (unpaired) electrons. The van der Waals surface area contributed by atoms with E-state index in [1.807, 2.05) is 0 Å². The minimum absolute atomic E-state index is 0.0873. The van der Waals surface area contributed by atoms with Gasteiger partial charge in [-0.15, -0.1) is 0 Å². The zero-order valence-corrected chi connectivity index (χ0v) is 12.7. The fourth-order valence-corrected chi connectivity index (χ4v) is 2.63. The highest BCUT2D eigenvalue weighted by Gasteiger charge is 2.37. The number of amides is 1. The molecule has 1 aromatic heterocycles. The molecule has 7 heteroatoms. The molecule has 0 spiro atoms. The Morgan fingerprint density at radius 1 is 1.68 bits per heavy atom. The predicted octanol–water partition coefficient (Wildman–Crippen LogP) is 1.39. The van der Waals surface area contributed by atoms with Gasteiger partial charge in [0.1, 0.15) is 11.5 Å². The first-order valence-electron chi connectivity index (χ1n) is 7.16. The number of piperidine rings is 1. The summed E-state index contributed by atoms with van der Waals surface area (Å²) in [6.45, 7) is 4.49. The number of halogens is 1. The highest BCUT2D eigenvalue weighted by molar-refractivity contribution is 5.89. The zero-order chi connectivity index (χ0) is 16.3. The Morgan fingerprint density at radius 3 is 2.95 bits per heavy atom. The lowest BCUT2D eigenvalue weighted by Gasteiger charge is -2.37. The van der Waals surface area contributed by atoms with Crippen LogP contribution in [-0.4, -0.2) is 47.8 Å². The van der Waals surface area contributed by atoms with E-state index in [2.05, 4.69) is 10.3 Å². The Labute approximate surface area is 128 Å². The molecular formula is C15H20FN3O3. The van der Waals surface area contributed by atoms with Crippen LogP contribution >= 0.6 is 0 Å². The lowest BCUT2D eigenvalue weighted by molar-refractivity contribution is -0.107.